The van der Waals surface area contributed by atoms with Crippen molar-refractivity contribution in [2.24, 2.45) is 5.10 Å². The summed E-state index contributed by atoms with van der Waals surface area (Å²) < 4.78 is 0. The van der Waals surface area contributed by atoms with Crippen LogP contribution in [0.2, 0.25) is 0 Å². The fraction of sp³-hybridized carbons (Fsp3) is 0.375. The van der Waals surface area contributed by atoms with Crippen LogP contribution in [0.5, 0.6) is 0 Å². The number of nitrogens with zero attached hydrogens (tertiary/aromatic N) is 2. The maximum Gasteiger partial charge on any atom is 0.161 e. The Labute approximate surface area is 114 Å². The fourth-order valence-electron chi connectivity index (χ4n) is 1.95. The minimum Gasteiger partial charge on any atom is -0.297 e. The summed E-state index contributed by atoms with van der Waals surface area (Å²) in [4.78, 5) is 11.8. The molecule has 0 fully saturated rings. The lowest BCUT2D eigenvalue weighted by Crippen LogP contribution is -2.30. The number of Topliss-reactive ketones (excluding diaryl/α,β-unsaturated/α-hetero) is 1. The molecule has 0 bridgehead atoms. The van der Waals surface area contributed by atoms with E-state index in [1.165, 1.54) is 5.56 Å². The van der Waals surface area contributed by atoms with Crippen LogP contribution in [-0.4, -0.2) is 23.0 Å². The molecule has 2 rings (SSSR count). The summed E-state index contributed by atoms with van der Waals surface area (Å²) in [6.45, 7) is 4.41. The standard InChI is InChI=1S/C16H18N2O/c1-3-4-5-9-18-12-15(19)11-16(17-18)14-8-6-7-13(2)10-14/h6-8,10H,3-4,11-12H2,1-2H3. The fourth-order valence-corrected chi connectivity index (χ4v) is 1.95. The van der Waals surface area contributed by atoms with Gasteiger partial charge in [-0.3, -0.25) is 4.79 Å². The van der Waals surface area contributed by atoms with Gasteiger partial charge in [0.15, 0.2) is 5.78 Å². The molecule has 1 heterocycles. The van der Waals surface area contributed by atoms with Gasteiger partial charge < -0.3 is 0 Å². The van der Waals surface area contributed by atoms with Gasteiger partial charge in [0.05, 0.1) is 12.1 Å². The molecule has 0 aliphatic carbocycles. The Morgan fingerprint density at radius 2 is 2.26 bits per heavy atom. The predicted octanol–water partition coefficient (Wildman–Crippen LogP) is 2.73. The summed E-state index contributed by atoms with van der Waals surface area (Å²) in [6, 6.07) is 11.0. The summed E-state index contributed by atoms with van der Waals surface area (Å²) in [6.07, 6.45) is 2.25. The molecule has 0 unspecified atom stereocenters. The Morgan fingerprint density at radius 3 is 3.00 bits per heavy atom. The molecule has 0 saturated heterocycles. The highest BCUT2D eigenvalue weighted by molar-refractivity contribution is 6.12. The van der Waals surface area contributed by atoms with Gasteiger partial charge in [-0.15, -0.1) is 0 Å². The average Bonchev–Trinajstić information content (AvgIpc) is 2.38. The molecule has 0 saturated carbocycles. The topological polar surface area (TPSA) is 32.7 Å². The van der Waals surface area contributed by atoms with Crippen LogP contribution in [0.1, 0.15) is 37.3 Å². The number of hydrogen-bond donors (Lipinski definition) is 0. The van der Waals surface area contributed by atoms with Crippen LogP contribution in [0, 0.1) is 18.9 Å². The Balaban J connectivity index is 2.24. The highest BCUT2D eigenvalue weighted by Crippen LogP contribution is 2.13. The van der Waals surface area contributed by atoms with Crippen molar-refractivity contribution in [2.75, 3.05) is 6.54 Å². The number of hydrogen-bond acceptors (Lipinski definition) is 3. The Bertz CT molecular complexity index is 564. The van der Waals surface area contributed by atoms with Crippen molar-refractivity contribution in [1.82, 2.24) is 5.01 Å². The van der Waals surface area contributed by atoms with Crippen LogP contribution in [0.15, 0.2) is 29.4 Å². The van der Waals surface area contributed by atoms with E-state index in [-0.39, 0.29) is 5.78 Å². The van der Waals surface area contributed by atoms with E-state index in [1.54, 1.807) is 5.01 Å². The van der Waals surface area contributed by atoms with Crippen molar-refractivity contribution in [1.29, 1.82) is 0 Å². The van der Waals surface area contributed by atoms with E-state index >= 15 is 0 Å². The normalized spacial score (nSPS) is 14.7. The smallest absolute Gasteiger partial charge is 0.161 e. The second-order valence-corrected chi connectivity index (χ2v) is 4.73. The number of aryl methyl sites for hydroxylation is 1. The molecule has 1 aromatic carbocycles. The number of carbonyl (C=O) groups excluding carboxylic acids is 1. The highest BCUT2D eigenvalue weighted by atomic mass is 16.1. The number of hydrazone groups is 1. The minimum absolute atomic E-state index is 0.164. The molecule has 98 valence electrons. The second kappa shape index (κ2) is 6.19. The number of benzene rings is 1. The van der Waals surface area contributed by atoms with Gasteiger partial charge >= 0.3 is 0 Å². The third kappa shape index (κ3) is 3.69. The molecule has 0 atom stereocenters. The molecular formula is C16H18N2O. The molecule has 0 spiro atoms. The molecule has 0 radical (unpaired) electrons. The zero-order chi connectivity index (χ0) is 13.7. The largest absolute Gasteiger partial charge is 0.297 e. The monoisotopic (exact) mass is 254 g/mol. The second-order valence-electron chi connectivity index (χ2n) is 4.73. The number of carbonyl (C=O) groups is 1. The molecule has 0 amide bonds. The summed E-state index contributed by atoms with van der Waals surface area (Å²) in [5, 5.41) is 6.04. The lowest BCUT2D eigenvalue weighted by molar-refractivity contribution is -0.118. The Hall–Kier alpha value is -2.08. The zero-order valence-electron chi connectivity index (χ0n) is 11.4. The van der Waals surface area contributed by atoms with Crippen molar-refractivity contribution in [3.63, 3.8) is 0 Å². The number of rotatable bonds is 2. The molecule has 1 aliphatic rings. The first-order valence-electron chi connectivity index (χ1n) is 6.61. The zero-order valence-corrected chi connectivity index (χ0v) is 11.4. The lowest BCUT2D eigenvalue weighted by Gasteiger charge is -2.19. The summed E-state index contributed by atoms with van der Waals surface area (Å²) in [5.41, 5.74) is 2.99. The highest BCUT2D eigenvalue weighted by Gasteiger charge is 2.19. The molecule has 1 aliphatic heterocycles. The third-order valence-corrected chi connectivity index (χ3v) is 2.87. The SMILES string of the molecule is CCCC#CN1CC(=O)CC(c2cccc(C)c2)=N1. The van der Waals surface area contributed by atoms with Gasteiger partial charge in [0, 0.05) is 12.5 Å². The summed E-state index contributed by atoms with van der Waals surface area (Å²) >= 11 is 0. The molecule has 0 N–H and O–H groups in total. The van der Waals surface area contributed by atoms with Crippen molar-refractivity contribution < 1.29 is 4.79 Å². The average molecular weight is 254 g/mol. The van der Waals surface area contributed by atoms with Crippen LogP contribution >= 0.6 is 0 Å². The maximum absolute atomic E-state index is 11.8. The molecule has 19 heavy (non-hydrogen) atoms. The van der Waals surface area contributed by atoms with Crippen molar-refractivity contribution in [3.05, 3.63) is 35.4 Å². The number of unbranched alkanes of at least 4 members (excludes halogenated alkanes) is 1. The Morgan fingerprint density at radius 1 is 1.42 bits per heavy atom. The van der Waals surface area contributed by atoms with Gasteiger partial charge in [0.1, 0.15) is 6.54 Å². The third-order valence-electron chi connectivity index (χ3n) is 2.87. The molecule has 0 aromatic heterocycles. The van der Waals surface area contributed by atoms with Crippen LogP contribution in [-0.2, 0) is 4.79 Å². The first-order chi connectivity index (χ1) is 9.19. The molecule has 3 nitrogen and oxygen atoms in total. The lowest BCUT2D eigenvalue weighted by atomic mass is 10.0. The van der Waals surface area contributed by atoms with Crippen LogP contribution in [0.4, 0.5) is 0 Å². The van der Waals surface area contributed by atoms with Crippen molar-refractivity contribution >= 4 is 11.5 Å². The van der Waals surface area contributed by atoms with E-state index in [0.717, 1.165) is 24.1 Å². The quantitative estimate of drug-likeness (QED) is 0.760. The van der Waals surface area contributed by atoms with Gasteiger partial charge in [0.25, 0.3) is 0 Å². The van der Waals surface area contributed by atoms with E-state index in [0.29, 0.717) is 13.0 Å². The van der Waals surface area contributed by atoms with E-state index in [9.17, 15) is 4.79 Å². The van der Waals surface area contributed by atoms with Crippen LogP contribution in [0.3, 0.4) is 0 Å². The van der Waals surface area contributed by atoms with Gasteiger partial charge in [-0.05, 0) is 18.9 Å². The first kappa shape index (κ1) is 13.4. The van der Waals surface area contributed by atoms with Crippen molar-refractivity contribution in [2.45, 2.75) is 33.1 Å². The van der Waals surface area contributed by atoms with Gasteiger partial charge in [0.2, 0.25) is 0 Å². The van der Waals surface area contributed by atoms with E-state index in [4.69, 9.17) is 0 Å². The first-order valence-corrected chi connectivity index (χ1v) is 6.61. The van der Waals surface area contributed by atoms with Crippen LogP contribution < -0.4 is 0 Å². The Kier molecular flexibility index (Phi) is 4.35. The molecular weight excluding hydrogens is 236 g/mol. The minimum atomic E-state index is 0.164. The molecule has 1 aromatic rings. The van der Waals surface area contributed by atoms with E-state index in [1.807, 2.05) is 25.1 Å². The summed E-state index contributed by atoms with van der Waals surface area (Å²) in [7, 11) is 0. The number of ketones is 1. The van der Waals surface area contributed by atoms with Gasteiger partial charge in [-0.1, -0.05) is 42.7 Å². The van der Waals surface area contributed by atoms with E-state index < -0.39 is 0 Å². The van der Waals surface area contributed by atoms with Crippen LogP contribution in [0.25, 0.3) is 0 Å². The molecule has 3 heteroatoms. The van der Waals surface area contributed by atoms with E-state index in [2.05, 4.69) is 30.1 Å². The maximum atomic E-state index is 11.8. The van der Waals surface area contributed by atoms with Crippen molar-refractivity contribution in [3.8, 4) is 12.0 Å². The summed E-state index contributed by atoms with van der Waals surface area (Å²) in [5.74, 6) is 3.19. The van der Waals surface area contributed by atoms with Gasteiger partial charge in [-0.25, -0.2) is 5.01 Å². The predicted molar refractivity (Wildman–Crippen MR) is 76.7 cm³/mol. The van der Waals surface area contributed by atoms with Gasteiger partial charge in [-0.2, -0.15) is 5.10 Å².